The number of hydrogen-bond donors (Lipinski definition) is 1. The number of para-hydroxylation sites is 1. The number of carbonyl (C=O) groups excluding carboxylic acids is 1. The van der Waals surface area contributed by atoms with Gasteiger partial charge in [-0.25, -0.2) is 13.1 Å². The van der Waals surface area contributed by atoms with Gasteiger partial charge < -0.3 is 14.8 Å². The van der Waals surface area contributed by atoms with E-state index in [1.807, 2.05) is 13.0 Å². The zero-order valence-corrected chi connectivity index (χ0v) is 20.0. The van der Waals surface area contributed by atoms with Crippen LogP contribution in [-0.4, -0.2) is 54.7 Å². The van der Waals surface area contributed by atoms with Crippen molar-refractivity contribution in [2.24, 2.45) is 0 Å². The number of amides is 1. The fourth-order valence-corrected chi connectivity index (χ4v) is 4.97. The van der Waals surface area contributed by atoms with Crippen LogP contribution in [0, 0.1) is 0 Å². The van der Waals surface area contributed by atoms with Crippen molar-refractivity contribution in [3.63, 3.8) is 0 Å². The molecule has 1 aliphatic rings. The highest BCUT2D eigenvalue weighted by atomic mass is 32.2. The SMILES string of the molecule is CCCn1nc(C(=O)Nc2cc(S(=O)(=O)N3CCOCC3)ccc2Oc2ccccc2)ccc1=O. The summed E-state index contributed by atoms with van der Waals surface area (Å²) in [5.74, 6) is 0.169. The third kappa shape index (κ3) is 5.76. The standard InChI is InChI=1S/C24H26N4O6S/c1-2-12-28-23(29)11-9-20(26-28)24(30)25-21-17-19(35(31,32)27-13-15-33-16-14-27)8-10-22(21)34-18-6-4-3-5-7-18/h3-11,17H,2,12-16H2,1H3,(H,25,30). The van der Waals surface area contributed by atoms with Crippen LogP contribution in [0.3, 0.4) is 0 Å². The fraction of sp³-hybridized carbons (Fsp3) is 0.292. The van der Waals surface area contributed by atoms with Gasteiger partial charge in [0.1, 0.15) is 11.4 Å². The van der Waals surface area contributed by atoms with Crippen molar-refractivity contribution in [3.8, 4) is 11.5 Å². The molecule has 2 aromatic carbocycles. The molecule has 0 radical (unpaired) electrons. The van der Waals surface area contributed by atoms with E-state index in [4.69, 9.17) is 9.47 Å². The Bertz CT molecular complexity index is 1350. The maximum atomic E-state index is 13.2. The average molecular weight is 499 g/mol. The number of ether oxygens (including phenoxy) is 2. The summed E-state index contributed by atoms with van der Waals surface area (Å²) in [5.41, 5.74) is -0.136. The lowest BCUT2D eigenvalue weighted by Crippen LogP contribution is -2.40. The van der Waals surface area contributed by atoms with Crippen molar-refractivity contribution in [2.75, 3.05) is 31.6 Å². The van der Waals surface area contributed by atoms with Gasteiger partial charge in [0.15, 0.2) is 5.75 Å². The molecule has 1 amide bonds. The Morgan fingerprint density at radius 1 is 1.09 bits per heavy atom. The summed E-state index contributed by atoms with van der Waals surface area (Å²) < 4.78 is 40.1. The topological polar surface area (TPSA) is 120 Å². The van der Waals surface area contributed by atoms with Crippen LogP contribution in [0.4, 0.5) is 5.69 Å². The summed E-state index contributed by atoms with van der Waals surface area (Å²) in [4.78, 5) is 25.0. The van der Waals surface area contributed by atoms with Crippen LogP contribution in [0.1, 0.15) is 23.8 Å². The lowest BCUT2D eigenvalue weighted by molar-refractivity contribution is 0.0730. The Labute approximate surface area is 203 Å². The van der Waals surface area contributed by atoms with Gasteiger partial charge >= 0.3 is 0 Å². The highest BCUT2D eigenvalue weighted by Gasteiger charge is 2.27. The van der Waals surface area contributed by atoms with Crippen molar-refractivity contribution in [1.29, 1.82) is 0 Å². The number of nitrogens with one attached hydrogen (secondary N) is 1. The molecular weight excluding hydrogens is 472 g/mol. The number of hydrogen-bond acceptors (Lipinski definition) is 7. The molecule has 2 heterocycles. The van der Waals surface area contributed by atoms with Gasteiger partial charge in [-0.15, -0.1) is 0 Å². The zero-order chi connectivity index (χ0) is 24.8. The van der Waals surface area contributed by atoms with Crippen LogP contribution in [-0.2, 0) is 21.3 Å². The molecule has 0 unspecified atom stereocenters. The molecule has 35 heavy (non-hydrogen) atoms. The molecule has 11 heteroatoms. The lowest BCUT2D eigenvalue weighted by Gasteiger charge is -2.26. The van der Waals surface area contributed by atoms with Crippen molar-refractivity contribution in [1.82, 2.24) is 14.1 Å². The minimum absolute atomic E-state index is 0.0130. The highest BCUT2D eigenvalue weighted by molar-refractivity contribution is 7.89. The number of sulfonamides is 1. The number of aryl methyl sites for hydroxylation is 1. The second-order valence-electron chi connectivity index (χ2n) is 7.82. The quantitative estimate of drug-likeness (QED) is 0.507. The van der Waals surface area contributed by atoms with Crippen molar-refractivity contribution in [2.45, 2.75) is 24.8 Å². The zero-order valence-electron chi connectivity index (χ0n) is 19.2. The minimum Gasteiger partial charge on any atom is -0.455 e. The van der Waals surface area contributed by atoms with Gasteiger partial charge in [-0.05, 0) is 42.8 Å². The summed E-state index contributed by atoms with van der Waals surface area (Å²) in [6, 6.07) is 15.8. The molecule has 0 bridgehead atoms. The number of morpholine rings is 1. The van der Waals surface area contributed by atoms with Crippen LogP contribution in [0.2, 0.25) is 0 Å². The van der Waals surface area contributed by atoms with Crippen molar-refractivity contribution in [3.05, 3.63) is 76.7 Å². The van der Waals surface area contributed by atoms with E-state index in [9.17, 15) is 18.0 Å². The van der Waals surface area contributed by atoms with Crippen LogP contribution in [0.15, 0.2) is 70.4 Å². The van der Waals surface area contributed by atoms with Crippen LogP contribution < -0.4 is 15.6 Å². The van der Waals surface area contributed by atoms with E-state index in [0.717, 1.165) is 0 Å². The van der Waals surface area contributed by atoms with Crippen molar-refractivity contribution < 1.29 is 22.7 Å². The van der Waals surface area contributed by atoms with E-state index in [1.165, 1.54) is 39.3 Å². The summed E-state index contributed by atoms with van der Waals surface area (Å²) >= 11 is 0. The van der Waals surface area contributed by atoms with E-state index in [1.54, 1.807) is 24.3 Å². The van der Waals surface area contributed by atoms with Crippen LogP contribution in [0.25, 0.3) is 0 Å². The molecular formula is C24H26N4O6S. The van der Waals surface area contributed by atoms with Gasteiger partial charge in [-0.1, -0.05) is 25.1 Å². The number of nitrogens with zero attached hydrogens (tertiary/aromatic N) is 3. The summed E-state index contributed by atoms with van der Waals surface area (Å²) in [5, 5.41) is 6.83. The number of carbonyl (C=O) groups is 1. The molecule has 1 saturated heterocycles. The molecule has 3 aromatic rings. The predicted octanol–water partition coefficient (Wildman–Crippen LogP) is 2.72. The normalized spacial score (nSPS) is 14.4. The van der Waals surface area contributed by atoms with E-state index in [0.29, 0.717) is 31.9 Å². The Kier molecular flexibility index (Phi) is 7.59. The van der Waals surface area contributed by atoms with Gasteiger partial charge in [0, 0.05) is 25.7 Å². The molecule has 1 N–H and O–H groups in total. The predicted molar refractivity (Wildman–Crippen MR) is 129 cm³/mol. The Balaban J connectivity index is 1.69. The number of rotatable bonds is 8. The Morgan fingerprint density at radius 2 is 1.83 bits per heavy atom. The number of anilines is 1. The van der Waals surface area contributed by atoms with Gasteiger partial charge in [0.05, 0.1) is 23.8 Å². The minimum atomic E-state index is -3.81. The Morgan fingerprint density at radius 3 is 2.54 bits per heavy atom. The molecule has 1 aromatic heterocycles. The van der Waals surface area contributed by atoms with Gasteiger partial charge in [0.2, 0.25) is 10.0 Å². The number of benzene rings is 2. The maximum absolute atomic E-state index is 13.2. The van der Waals surface area contributed by atoms with Crippen LogP contribution >= 0.6 is 0 Å². The van der Waals surface area contributed by atoms with Gasteiger partial charge in [0.25, 0.3) is 11.5 Å². The van der Waals surface area contributed by atoms with Crippen molar-refractivity contribution >= 4 is 21.6 Å². The van der Waals surface area contributed by atoms with Gasteiger partial charge in [-0.3, -0.25) is 9.59 Å². The molecule has 1 fully saturated rings. The smallest absolute Gasteiger partial charge is 0.276 e. The monoisotopic (exact) mass is 498 g/mol. The van der Waals surface area contributed by atoms with Crippen LogP contribution in [0.5, 0.6) is 11.5 Å². The van der Waals surface area contributed by atoms with E-state index in [-0.39, 0.29) is 40.7 Å². The Hall–Kier alpha value is -3.54. The second-order valence-corrected chi connectivity index (χ2v) is 9.76. The molecule has 0 aliphatic carbocycles. The summed E-state index contributed by atoms with van der Waals surface area (Å²) in [7, 11) is -3.81. The molecule has 0 saturated carbocycles. The molecule has 0 atom stereocenters. The first kappa shape index (κ1) is 24.6. The second kappa shape index (κ2) is 10.8. The first-order valence-corrected chi connectivity index (χ1v) is 12.7. The first-order chi connectivity index (χ1) is 16.9. The molecule has 4 rings (SSSR count). The van der Waals surface area contributed by atoms with Gasteiger partial charge in [-0.2, -0.15) is 9.40 Å². The van der Waals surface area contributed by atoms with E-state index >= 15 is 0 Å². The average Bonchev–Trinajstić information content (AvgIpc) is 2.87. The largest absolute Gasteiger partial charge is 0.455 e. The van der Waals surface area contributed by atoms with E-state index < -0.39 is 15.9 Å². The summed E-state index contributed by atoms with van der Waals surface area (Å²) in [6.07, 6.45) is 0.675. The third-order valence-corrected chi connectivity index (χ3v) is 7.21. The fourth-order valence-electron chi connectivity index (χ4n) is 3.54. The first-order valence-electron chi connectivity index (χ1n) is 11.2. The molecule has 0 spiro atoms. The summed E-state index contributed by atoms with van der Waals surface area (Å²) in [6.45, 7) is 3.39. The third-order valence-electron chi connectivity index (χ3n) is 5.31. The number of aromatic nitrogens is 2. The molecule has 10 nitrogen and oxygen atoms in total. The maximum Gasteiger partial charge on any atom is 0.276 e. The lowest BCUT2D eigenvalue weighted by atomic mass is 10.2. The van der Waals surface area contributed by atoms with E-state index in [2.05, 4.69) is 10.4 Å². The highest BCUT2D eigenvalue weighted by Crippen LogP contribution is 2.33. The molecule has 184 valence electrons. The molecule has 1 aliphatic heterocycles.